The Bertz CT molecular complexity index is 1070. The summed E-state index contributed by atoms with van der Waals surface area (Å²) < 4.78 is 1.85. The van der Waals surface area contributed by atoms with Crippen molar-refractivity contribution in [1.29, 1.82) is 0 Å². The van der Waals surface area contributed by atoms with Gasteiger partial charge in [0.25, 0.3) is 5.56 Å². The second-order valence-corrected chi connectivity index (χ2v) is 8.65. The number of hydrogen-bond acceptors (Lipinski definition) is 4. The van der Waals surface area contributed by atoms with Crippen LogP contribution in [0.4, 0.5) is 0 Å². The molecule has 1 fully saturated rings. The van der Waals surface area contributed by atoms with E-state index in [-0.39, 0.29) is 23.3 Å². The molecule has 0 spiro atoms. The molecule has 1 saturated carbocycles. The smallest absolute Gasteiger partial charge is 0.262 e. The Balaban J connectivity index is 1.57. The third-order valence-corrected chi connectivity index (χ3v) is 6.68. The van der Waals surface area contributed by atoms with E-state index in [0.717, 1.165) is 31.2 Å². The lowest BCUT2D eigenvalue weighted by Crippen LogP contribution is -2.32. The van der Waals surface area contributed by atoms with E-state index in [2.05, 4.69) is 0 Å². The van der Waals surface area contributed by atoms with Crippen LogP contribution >= 0.6 is 11.8 Å². The second kappa shape index (κ2) is 9.47. The van der Waals surface area contributed by atoms with Crippen molar-refractivity contribution in [2.24, 2.45) is 0 Å². The van der Waals surface area contributed by atoms with Crippen LogP contribution in [0.3, 0.4) is 0 Å². The number of carbonyl (C=O) groups is 1. The Kier molecular flexibility index (Phi) is 6.53. The number of fused-ring (bicyclic) bond motifs is 1. The van der Waals surface area contributed by atoms with Crippen molar-refractivity contribution < 1.29 is 4.79 Å². The number of aromatic nitrogens is 2. The van der Waals surface area contributed by atoms with E-state index in [4.69, 9.17) is 4.98 Å². The monoisotopic (exact) mass is 421 g/mol. The number of thioether (sulfide) groups is 1. The summed E-state index contributed by atoms with van der Waals surface area (Å²) in [6.07, 6.45) is 4.26. The van der Waals surface area contributed by atoms with Crippen molar-refractivity contribution in [3.8, 4) is 0 Å². The summed E-state index contributed by atoms with van der Waals surface area (Å²) in [4.78, 5) is 32.8. The van der Waals surface area contributed by atoms with Gasteiger partial charge < -0.3 is 4.90 Å². The van der Waals surface area contributed by atoms with Crippen LogP contribution in [0, 0.1) is 0 Å². The number of carbonyl (C=O) groups excluding carboxylic acids is 1. The van der Waals surface area contributed by atoms with Crippen LogP contribution in [0.1, 0.15) is 44.2 Å². The maximum atomic E-state index is 13.2. The zero-order chi connectivity index (χ0) is 20.9. The number of nitrogens with zero attached hydrogens (tertiary/aromatic N) is 3. The van der Waals surface area contributed by atoms with Gasteiger partial charge in [0, 0.05) is 19.1 Å². The van der Waals surface area contributed by atoms with Crippen molar-refractivity contribution in [2.45, 2.75) is 50.4 Å². The molecule has 0 radical (unpaired) electrons. The van der Waals surface area contributed by atoms with Crippen LogP contribution in [-0.2, 0) is 11.3 Å². The highest BCUT2D eigenvalue weighted by atomic mass is 32.2. The minimum Gasteiger partial charge on any atom is -0.338 e. The van der Waals surface area contributed by atoms with E-state index in [1.807, 2.05) is 71.0 Å². The van der Waals surface area contributed by atoms with Crippen molar-refractivity contribution in [1.82, 2.24) is 14.5 Å². The molecule has 1 aliphatic rings. The normalized spacial score (nSPS) is 14.3. The summed E-state index contributed by atoms with van der Waals surface area (Å²) in [6.45, 7) is 3.24. The van der Waals surface area contributed by atoms with Gasteiger partial charge in [-0.25, -0.2) is 4.98 Å². The van der Waals surface area contributed by atoms with Crippen molar-refractivity contribution >= 4 is 28.6 Å². The molecule has 0 saturated heterocycles. The van der Waals surface area contributed by atoms with Gasteiger partial charge in [-0.05, 0) is 37.5 Å². The molecule has 6 heteroatoms. The Morgan fingerprint density at radius 2 is 1.80 bits per heavy atom. The van der Waals surface area contributed by atoms with E-state index in [9.17, 15) is 9.59 Å². The highest BCUT2D eigenvalue weighted by Gasteiger charge is 2.24. The Hall–Kier alpha value is -2.60. The molecule has 2 aromatic carbocycles. The molecule has 1 aromatic heterocycles. The van der Waals surface area contributed by atoms with Gasteiger partial charge in [0.1, 0.15) is 0 Å². The van der Waals surface area contributed by atoms with Gasteiger partial charge in [-0.3, -0.25) is 14.2 Å². The number of rotatable bonds is 7. The largest absolute Gasteiger partial charge is 0.338 e. The van der Waals surface area contributed by atoms with Crippen LogP contribution in [0.2, 0.25) is 0 Å². The standard InChI is InChI=1S/C24H27N3O2S/c1-2-26(16-18-10-4-3-5-11-18)22(28)17-30-24-25-21-15-9-8-14-20(21)23(29)27(24)19-12-6-7-13-19/h3-5,8-11,14-15,19H,2,6-7,12-13,16-17H2,1H3. The van der Waals surface area contributed by atoms with Gasteiger partial charge in [0.15, 0.2) is 5.16 Å². The first kappa shape index (κ1) is 20.7. The minimum atomic E-state index is 0.0130. The molecule has 1 amide bonds. The van der Waals surface area contributed by atoms with Gasteiger partial charge >= 0.3 is 0 Å². The fourth-order valence-corrected chi connectivity index (χ4v) is 5.08. The fraction of sp³-hybridized carbons (Fsp3) is 0.375. The quantitative estimate of drug-likeness (QED) is 0.412. The molecule has 0 aliphatic heterocycles. The lowest BCUT2D eigenvalue weighted by molar-refractivity contribution is -0.128. The van der Waals surface area contributed by atoms with E-state index >= 15 is 0 Å². The number of para-hydroxylation sites is 1. The minimum absolute atomic E-state index is 0.0130. The Morgan fingerprint density at radius 1 is 1.10 bits per heavy atom. The van der Waals surface area contributed by atoms with Crippen molar-refractivity contribution in [3.63, 3.8) is 0 Å². The predicted molar refractivity (Wildman–Crippen MR) is 122 cm³/mol. The summed E-state index contributed by atoms with van der Waals surface area (Å²) in [5, 5.41) is 1.31. The average Bonchev–Trinajstić information content (AvgIpc) is 3.31. The van der Waals surface area contributed by atoms with Crippen LogP contribution in [0.15, 0.2) is 64.5 Å². The topological polar surface area (TPSA) is 55.2 Å². The van der Waals surface area contributed by atoms with Gasteiger partial charge in [0.05, 0.1) is 16.7 Å². The number of benzene rings is 2. The zero-order valence-electron chi connectivity index (χ0n) is 17.3. The van der Waals surface area contributed by atoms with E-state index in [0.29, 0.717) is 29.1 Å². The van der Waals surface area contributed by atoms with Gasteiger partial charge in [-0.15, -0.1) is 0 Å². The maximum absolute atomic E-state index is 13.2. The SMILES string of the molecule is CCN(Cc1ccccc1)C(=O)CSc1nc2ccccc2c(=O)n1C1CCCC1. The summed E-state index contributed by atoms with van der Waals surface area (Å²) in [5.41, 5.74) is 1.83. The third kappa shape index (κ3) is 4.43. The molecule has 5 nitrogen and oxygen atoms in total. The molecule has 0 unspecified atom stereocenters. The van der Waals surface area contributed by atoms with Crippen molar-refractivity contribution in [2.75, 3.05) is 12.3 Å². The molecular formula is C24H27N3O2S. The molecule has 4 rings (SSSR count). The zero-order valence-corrected chi connectivity index (χ0v) is 18.1. The number of amides is 1. The van der Waals surface area contributed by atoms with Crippen LogP contribution < -0.4 is 5.56 Å². The first-order chi connectivity index (χ1) is 14.7. The van der Waals surface area contributed by atoms with Crippen LogP contribution in [0.5, 0.6) is 0 Å². The molecule has 156 valence electrons. The maximum Gasteiger partial charge on any atom is 0.262 e. The third-order valence-electron chi connectivity index (χ3n) is 5.74. The molecule has 1 heterocycles. The molecule has 1 aliphatic carbocycles. The molecule has 0 bridgehead atoms. The lowest BCUT2D eigenvalue weighted by Gasteiger charge is -2.22. The molecule has 30 heavy (non-hydrogen) atoms. The first-order valence-electron chi connectivity index (χ1n) is 10.6. The molecular weight excluding hydrogens is 394 g/mol. The van der Waals surface area contributed by atoms with Gasteiger partial charge in [0.2, 0.25) is 5.91 Å². The summed E-state index contributed by atoms with van der Waals surface area (Å²) in [5.74, 6) is 0.338. The molecule has 0 atom stereocenters. The number of hydrogen-bond donors (Lipinski definition) is 0. The van der Waals surface area contributed by atoms with Gasteiger partial charge in [-0.1, -0.05) is 67.1 Å². The lowest BCUT2D eigenvalue weighted by atomic mass is 10.2. The fourth-order valence-electron chi connectivity index (χ4n) is 4.11. The average molecular weight is 422 g/mol. The van der Waals surface area contributed by atoms with E-state index < -0.39 is 0 Å². The Labute approximate surface area is 181 Å². The van der Waals surface area contributed by atoms with E-state index in [1.54, 1.807) is 0 Å². The predicted octanol–water partition coefficient (Wildman–Crippen LogP) is 4.65. The first-order valence-corrected chi connectivity index (χ1v) is 11.6. The highest BCUT2D eigenvalue weighted by Crippen LogP contribution is 2.32. The Morgan fingerprint density at radius 3 is 2.53 bits per heavy atom. The second-order valence-electron chi connectivity index (χ2n) is 7.71. The van der Waals surface area contributed by atoms with Crippen LogP contribution in [-0.4, -0.2) is 32.7 Å². The molecule has 0 N–H and O–H groups in total. The van der Waals surface area contributed by atoms with E-state index in [1.165, 1.54) is 11.8 Å². The summed E-state index contributed by atoms with van der Waals surface area (Å²) >= 11 is 1.39. The van der Waals surface area contributed by atoms with Gasteiger partial charge in [-0.2, -0.15) is 0 Å². The van der Waals surface area contributed by atoms with Crippen molar-refractivity contribution in [3.05, 3.63) is 70.5 Å². The summed E-state index contributed by atoms with van der Waals surface area (Å²) in [7, 11) is 0. The highest BCUT2D eigenvalue weighted by molar-refractivity contribution is 7.99. The summed E-state index contributed by atoms with van der Waals surface area (Å²) in [6, 6.07) is 17.7. The molecule has 3 aromatic rings. The van der Waals surface area contributed by atoms with Crippen LogP contribution in [0.25, 0.3) is 10.9 Å².